The van der Waals surface area contributed by atoms with Gasteiger partial charge in [0.1, 0.15) is 0 Å². The normalized spacial score (nSPS) is 11.9. The molecule has 0 aliphatic heterocycles. The second kappa shape index (κ2) is 3.76. The lowest BCUT2D eigenvalue weighted by atomic mass is 9.83. The molecule has 0 saturated carbocycles. The van der Waals surface area contributed by atoms with Crippen molar-refractivity contribution in [1.29, 1.82) is 0 Å². The Kier molecular flexibility index (Phi) is 3.04. The van der Waals surface area contributed by atoms with Crippen molar-refractivity contribution < 1.29 is 0 Å². The molecular formula is C14H22. The molecule has 0 fully saturated rings. The molecule has 0 N–H and O–H groups in total. The van der Waals surface area contributed by atoms with E-state index in [-0.39, 0.29) is 5.41 Å². The van der Waals surface area contributed by atoms with Gasteiger partial charge in [-0.3, -0.25) is 0 Å². The van der Waals surface area contributed by atoms with Gasteiger partial charge in [-0.25, -0.2) is 0 Å². The molecule has 0 bridgehead atoms. The van der Waals surface area contributed by atoms with Crippen LogP contribution in [0, 0.1) is 13.8 Å². The lowest BCUT2D eigenvalue weighted by molar-refractivity contribution is 0.588. The van der Waals surface area contributed by atoms with Crippen LogP contribution in [-0.4, -0.2) is 0 Å². The van der Waals surface area contributed by atoms with Crippen molar-refractivity contribution in [1.82, 2.24) is 0 Å². The van der Waals surface area contributed by atoms with Crippen molar-refractivity contribution in [3.63, 3.8) is 0 Å². The quantitative estimate of drug-likeness (QED) is 0.623. The first-order valence-corrected chi connectivity index (χ1v) is 5.47. The molecule has 14 heavy (non-hydrogen) atoms. The second-order valence-corrected chi connectivity index (χ2v) is 5.18. The van der Waals surface area contributed by atoms with Crippen molar-refractivity contribution in [2.75, 3.05) is 0 Å². The van der Waals surface area contributed by atoms with Gasteiger partial charge in [0.25, 0.3) is 0 Å². The van der Waals surface area contributed by atoms with E-state index in [4.69, 9.17) is 0 Å². The fourth-order valence-corrected chi connectivity index (χ4v) is 1.73. The van der Waals surface area contributed by atoms with Crippen molar-refractivity contribution in [3.05, 3.63) is 34.4 Å². The average molecular weight is 190 g/mol. The van der Waals surface area contributed by atoms with Crippen LogP contribution in [-0.2, 0) is 11.8 Å². The molecule has 0 atom stereocenters. The minimum Gasteiger partial charge on any atom is -0.0613 e. The largest absolute Gasteiger partial charge is 0.0613 e. The third kappa shape index (κ3) is 2.17. The number of aryl methyl sites for hydroxylation is 2. The molecule has 0 heteroatoms. The monoisotopic (exact) mass is 190 g/mol. The Morgan fingerprint density at radius 3 is 2.07 bits per heavy atom. The summed E-state index contributed by atoms with van der Waals surface area (Å²) in [4.78, 5) is 0. The number of hydrogen-bond acceptors (Lipinski definition) is 0. The fraction of sp³-hybridized carbons (Fsp3) is 0.571. The van der Waals surface area contributed by atoms with E-state index in [0.717, 1.165) is 6.42 Å². The molecule has 0 heterocycles. The zero-order valence-corrected chi connectivity index (χ0v) is 10.4. The van der Waals surface area contributed by atoms with Gasteiger partial charge >= 0.3 is 0 Å². The Morgan fingerprint density at radius 2 is 1.64 bits per heavy atom. The Balaban J connectivity index is 3.30. The molecule has 1 aromatic rings. The molecule has 78 valence electrons. The predicted octanol–water partition coefficient (Wildman–Crippen LogP) is 4.16. The van der Waals surface area contributed by atoms with Crippen LogP contribution < -0.4 is 0 Å². The molecule has 1 aromatic carbocycles. The van der Waals surface area contributed by atoms with Gasteiger partial charge < -0.3 is 0 Å². The molecule has 0 unspecified atom stereocenters. The highest BCUT2D eigenvalue weighted by atomic mass is 14.2. The van der Waals surface area contributed by atoms with Crippen LogP contribution in [0.25, 0.3) is 0 Å². The summed E-state index contributed by atoms with van der Waals surface area (Å²) >= 11 is 0. The van der Waals surface area contributed by atoms with Crippen molar-refractivity contribution in [2.24, 2.45) is 0 Å². The van der Waals surface area contributed by atoms with Crippen LogP contribution in [0.15, 0.2) is 12.1 Å². The fourth-order valence-electron chi connectivity index (χ4n) is 1.73. The molecule has 0 spiro atoms. The van der Waals surface area contributed by atoms with Gasteiger partial charge in [-0.2, -0.15) is 0 Å². The van der Waals surface area contributed by atoms with E-state index in [1.54, 1.807) is 0 Å². The molecule has 0 aliphatic rings. The van der Waals surface area contributed by atoms with E-state index in [2.05, 4.69) is 53.7 Å². The topological polar surface area (TPSA) is 0 Å². The van der Waals surface area contributed by atoms with Crippen LogP contribution >= 0.6 is 0 Å². The first-order chi connectivity index (χ1) is 6.36. The van der Waals surface area contributed by atoms with E-state index < -0.39 is 0 Å². The van der Waals surface area contributed by atoms with Gasteiger partial charge in [-0.15, -0.1) is 0 Å². The number of rotatable bonds is 1. The maximum absolute atomic E-state index is 2.36. The molecule has 0 aliphatic carbocycles. The van der Waals surface area contributed by atoms with Crippen molar-refractivity contribution in [3.8, 4) is 0 Å². The minimum atomic E-state index is 0.266. The highest BCUT2D eigenvalue weighted by molar-refractivity contribution is 5.40. The molecule has 0 aromatic heterocycles. The van der Waals surface area contributed by atoms with Crippen LogP contribution in [0.1, 0.15) is 49.9 Å². The summed E-state index contributed by atoms with van der Waals surface area (Å²) in [7, 11) is 0. The van der Waals surface area contributed by atoms with Crippen LogP contribution in [0.5, 0.6) is 0 Å². The molecule has 0 radical (unpaired) electrons. The van der Waals surface area contributed by atoms with E-state index in [1.165, 1.54) is 22.3 Å². The SMILES string of the molecule is CCc1cc(C(C)(C)C)cc(C)c1C. The van der Waals surface area contributed by atoms with E-state index in [1.807, 2.05) is 0 Å². The summed E-state index contributed by atoms with van der Waals surface area (Å²) in [6, 6.07) is 4.69. The molecular weight excluding hydrogens is 168 g/mol. The Labute approximate surface area is 88.4 Å². The van der Waals surface area contributed by atoms with E-state index in [9.17, 15) is 0 Å². The summed E-state index contributed by atoms with van der Waals surface area (Å²) in [5.74, 6) is 0. The summed E-state index contributed by atoms with van der Waals surface area (Å²) in [5, 5.41) is 0. The van der Waals surface area contributed by atoms with Crippen LogP contribution in [0.4, 0.5) is 0 Å². The molecule has 0 saturated heterocycles. The highest BCUT2D eigenvalue weighted by Gasteiger charge is 2.15. The maximum Gasteiger partial charge on any atom is -0.0132 e. The smallest absolute Gasteiger partial charge is 0.0132 e. The maximum atomic E-state index is 2.36. The molecule has 1 rings (SSSR count). The van der Waals surface area contributed by atoms with Gasteiger partial charge in [0.15, 0.2) is 0 Å². The second-order valence-electron chi connectivity index (χ2n) is 5.18. The van der Waals surface area contributed by atoms with E-state index >= 15 is 0 Å². The van der Waals surface area contributed by atoms with Gasteiger partial charge in [0.05, 0.1) is 0 Å². The minimum absolute atomic E-state index is 0.266. The highest BCUT2D eigenvalue weighted by Crippen LogP contribution is 2.26. The first kappa shape index (κ1) is 11.3. The average Bonchev–Trinajstić information content (AvgIpc) is 2.07. The standard InChI is InChI=1S/C14H22/c1-7-12-9-13(14(4,5)6)8-10(2)11(12)3/h8-9H,7H2,1-6H3. The van der Waals surface area contributed by atoms with Gasteiger partial charge in [-0.05, 0) is 47.9 Å². The van der Waals surface area contributed by atoms with Gasteiger partial charge in [0.2, 0.25) is 0 Å². The molecule has 0 nitrogen and oxygen atoms in total. The Morgan fingerprint density at radius 1 is 1.07 bits per heavy atom. The third-order valence-corrected chi connectivity index (χ3v) is 3.02. The lowest BCUT2D eigenvalue weighted by Crippen LogP contribution is -2.12. The third-order valence-electron chi connectivity index (χ3n) is 3.02. The zero-order chi connectivity index (χ0) is 10.9. The lowest BCUT2D eigenvalue weighted by Gasteiger charge is -2.22. The van der Waals surface area contributed by atoms with Crippen molar-refractivity contribution in [2.45, 2.75) is 53.4 Å². The Hall–Kier alpha value is -0.780. The van der Waals surface area contributed by atoms with Gasteiger partial charge in [-0.1, -0.05) is 39.8 Å². The summed E-state index contributed by atoms with van der Waals surface area (Å²) < 4.78 is 0. The summed E-state index contributed by atoms with van der Waals surface area (Å²) in [5.41, 5.74) is 6.10. The number of hydrogen-bond donors (Lipinski definition) is 0. The van der Waals surface area contributed by atoms with Crippen LogP contribution in [0.2, 0.25) is 0 Å². The summed E-state index contributed by atoms with van der Waals surface area (Å²) in [6.45, 7) is 13.5. The van der Waals surface area contributed by atoms with E-state index in [0.29, 0.717) is 0 Å². The van der Waals surface area contributed by atoms with Gasteiger partial charge in [0, 0.05) is 0 Å². The summed E-state index contributed by atoms with van der Waals surface area (Å²) in [6.07, 6.45) is 1.14. The number of benzene rings is 1. The Bertz CT molecular complexity index is 327. The predicted molar refractivity (Wildman–Crippen MR) is 64.0 cm³/mol. The van der Waals surface area contributed by atoms with Crippen molar-refractivity contribution >= 4 is 0 Å². The first-order valence-electron chi connectivity index (χ1n) is 5.47. The zero-order valence-electron chi connectivity index (χ0n) is 10.4. The molecule has 0 amide bonds. The van der Waals surface area contributed by atoms with Crippen LogP contribution in [0.3, 0.4) is 0 Å².